The molecule has 2 N–H and O–H groups in total. The van der Waals surface area contributed by atoms with E-state index in [1.165, 1.54) is 11.4 Å². The molecule has 0 heterocycles. The first-order valence-corrected chi connectivity index (χ1v) is 13.4. The number of carbonyl (C=O) groups excluding carboxylic acids is 2. The van der Waals surface area contributed by atoms with Crippen molar-refractivity contribution in [1.82, 2.24) is 5.32 Å². The predicted octanol–water partition coefficient (Wildman–Crippen LogP) is 4.37. The molecule has 9 heteroatoms. The second kappa shape index (κ2) is 12.2. The molecule has 3 rings (SSSR count). The van der Waals surface area contributed by atoms with E-state index in [0.29, 0.717) is 22.7 Å². The second-order valence-corrected chi connectivity index (χ2v) is 10.2. The molecule has 0 aliphatic heterocycles. The highest BCUT2D eigenvalue weighted by Crippen LogP contribution is 2.24. The van der Waals surface area contributed by atoms with E-state index in [1.54, 1.807) is 48.5 Å². The first-order chi connectivity index (χ1) is 17.2. The molecule has 36 heavy (non-hydrogen) atoms. The highest BCUT2D eigenvalue weighted by Gasteiger charge is 2.19. The molecule has 1 atom stereocenters. The standard InChI is InChI=1S/C27H31N3O5S/c1-20(21-11-5-4-6-12-21)28-27(32)24-15-7-8-16-25(24)29-26(31)17-10-18-30(36(3,33)34)22-13-9-14-23(19-22)35-2/h4-9,11-16,19-20H,10,17-18H2,1-3H3,(H,28,32)(H,29,31)/t20-/m0/s1. The first kappa shape index (κ1) is 26.7. The maximum atomic E-state index is 12.9. The van der Waals surface area contributed by atoms with Gasteiger partial charge in [0, 0.05) is 19.0 Å². The van der Waals surface area contributed by atoms with E-state index in [0.717, 1.165) is 11.8 Å². The van der Waals surface area contributed by atoms with Gasteiger partial charge in [-0.15, -0.1) is 0 Å². The molecule has 8 nitrogen and oxygen atoms in total. The van der Waals surface area contributed by atoms with Gasteiger partial charge in [0.05, 0.1) is 36.3 Å². The van der Waals surface area contributed by atoms with Crippen molar-refractivity contribution in [3.8, 4) is 5.75 Å². The smallest absolute Gasteiger partial charge is 0.253 e. The quantitative estimate of drug-likeness (QED) is 0.399. The van der Waals surface area contributed by atoms with Crippen LogP contribution in [0.5, 0.6) is 5.75 Å². The van der Waals surface area contributed by atoms with Gasteiger partial charge in [-0.05, 0) is 43.2 Å². The fourth-order valence-corrected chi connectivity index (χ4v) is 4.69. The summed E-state index contributed by atoms with van der Waals surface area (Å²) in [5, 5.41) is 5.74. The third-order valence-electron chi connectivity index (χ3n) is 5.60. The zero-order valence-electron chi connectivity index (χ0n) is 20.6. The van der Waals surface area contributed by atoms with E-state index in [1.807, 2.05) is 37.3 Å². The Morgan fingerprint density at radius 2 is 1.67 bits per heavy atom. The van der Waals surface area contributed by atoms with Gasteiger partial charge in [-0.3, -0.25) is 13.9 Å². The van der Waals surface area contributed by atoms with Crippen molar-refractivity contribution in [1.29, 1.82) is 0 Å². The number of hydrogen-bond acceptors (Lipinski definition) is 5. The Labute approximate surface area is 212 Å². The van der Waals surface area contributed by atoms with Crippen LogP contribution in [0.15, 0.2) is 78.9 Å². The Bertz CT molecular complexity index is 1300. The summed E-state index contributed by atoms with van der Waals surface area (Å²) in [6.07, 6.45) is 1.49. The molecule has 0 unspecified atom stereocenters. The van der Waals surface area contributed by atoms with Crippen molar-refractivity contribution in [3.05, 3.63) is 90.0 Å². The number of benzene rings is 3. The summed E-state index contributed by atoms with van der Waals surface area (Å²) in [5.74, 6) is -0.0793. The van der Waals surface area contributed by atoms with Crippen molar-refractivity contribution in [2.24, 2.45) is 0 Å². The van der Waals surface area contributed by atoms with E-state index in [9.17, 15) is 18.0 Å². The Hall–Kier alpha value is -3.85. The number of ether oxygens (including phenoxy) is 1. The van der Waals surface area contributed by atoms with Crippen LogP contribution in [-0.2, 0) is 14.8 Å². The average molecular weight is 510 g/mol. The number of methoxy groups -OCH3 is 1. The maximum Gasteiger partial charge on any atom is 0.253 e. The minimum Gasteiger partial charge on any atom is -0.497 e. The van der Waals surface area contributed by atoms with Crippen molar-refractivity contribution in [2.45, 2.75) is 25.8 Å². The predicted molar refractivity (Wildman–Crippen MR) is 142 cm³/mol. The van der Waals surface area contributed by atoms with Crippen molar-refractivity contribution in [2.75, 3.05) is 29.5 Å². The van der Waals surface area contributed by atoms with Crippen LogP contribution < -0.4 is 19.7 Å². The summed E-state index contributed by atoms with van der Waals surface area (Å²) in [6, 6.07) is 22.9. The topological polar surface area (TPSA) is 105 Å². The zero-order valence-corrected chi connectivity index (χ0v) is 21.4. The number of sulfonamides is 1. The fourth-order valence-electron chi connectivity index (χ4n) is 3.74. The molecule has 0 aromatic heterocycles. The summed E-state index contributed by atoms with van der Waals surface area (Å²) < 4.78 is 31.1. The Kier molecular flexibility index (Phi) is 9.08. The first-order valence-electron chi connectivity index (χ1n) is 11.6. The lowest BCUT2D eigenvalue weighted by Gasteiger charge is -2.22. The van der Waals surface area contributed by atoms with Crippen LogP contribution in [0.4, 0.5) is 11.4 Å². The summed E-state index contributed by atoms with van der Waals surface area (Å²) in [7, 11) is -2.05. The molecule has 3 aromatic carbocycles. The third-order valence-corrected chi connectivity index (χ3v) is 6.79. The average Bonchev–Trinajstić information content (AvgIpc) is 2.86. The van der Waals surface area contributed by atoms with E-state index < -0.39 is 10.0 Å². The van der Waals surface area contributed by atoms with Crippen LogP contribution >= 0.6 is 0 Å². The van der Waals surface area contributed by atoms with E-state index >= 15 is 0 Å². The molecule has 0 radical (unpaired) electrons. The Morgan fingerprint density at radius 1 is 0.972 bits per heavy atom. The molecule has 0 fully saturated rings. The van der Waals surface area contributed by atoms with Gasteiger partial charge < -0.3 is 15.4 Å². The molecule has 0 saturated heterocycles. The molecule has 0 aliphatic rings. The van der Waals surface area contributed by atoms with E-state index in [-0.39, 0.29) is 37.2 Å². The third kappa shape index (κ3) is 7.32. The zero-order chi connectivity index (χ0) is 26.1. The van der Waals surface area contributed by atoms with Crippen molar-refractivity contribution >= 4 is 33.2 Å². The van der Waals surface area contributed by atoms with E-state index in [4.69, 9.17) is 4.74 Å². The summed E-state index contributed by atoms with van der Waals surface area (Å²) >= 11 is 0. The number of para-hydroxylation sites is 1. The van der Waals surface area contributed by atoms with Crippen molar-refractivity contribution < 1.29 is 22.7 Å². The molecule has 0 bridgehead atoms. The summed E-state index contributed by atoms with van der Waals surface area (Å²) in [5.41, 5.74) is 2.18. The number of amides is 2. The molecule has 3 aromatic rings. The lowest BCUT2D eigenvalue weighted by atomic mass is 10.1. The Balaban J connectivity index is 1.62. The molecule has 190 valence electrons. The van der Waals surface area contributed by atoms with Gasteiger partial charge in [-0.1, -0.05) is 48.5 Å². The van der Waals surface area contributed by atoms with Gasteiger partial charge in [0.25, 0.3) is 5.91 Å². The number of rotatable bonds is 11. The number of anilines is 2. The highest BCUT2D eigenvalue weighted by atomic mass is 32.2. The summed E-state index contributed by atoms with van der Waals surface area (Å²) in [6.45, 7) is 2.01. The van der Waals surface area contributed by atoms with Crippen LogP contribution in [0, 0.1) is 0 Å². The van der Waals surface area contributed by atoms with Gasteiger partial charge in [0.15, 0.2) is 0 Å². The largest absolute Gasteiger partial charge is 0.497 e. The summed E-state index contributed by atoms with van der Waals surface area (Å²) in [4.78, 5) is 25.6. The number of carbonyl (C=O) groups is 2. The SMILES string of the molecule is COc1cccc(N(CCCC(=O)Nc2ccccc2C(=O)N[C@@H](C)c2ccccc2)S(C)(=O)=O)c1. The molecule has 0 saturated carbocycles. The van der Waals surface area contributed by atoms with Gasteiger partial charge in [-0.2, -0.15) is 0 Å². The van der Waals surface area contributed by atoms with Crippen LogP contribution in [-0.4, -0.2) is 40.1 Å². The number of nitrogens with zero attached hydrogens (tertiary/aromatic N) is 1. The minimum absolute atomic E-state index is 0.0758. The molecule has 0 aliphatic carbocycles. The van der Waals surface area contributed by atoms with E-state index in [2.05, 4.69) is 10.6 Å². The van der Waals surface area contributed by atoms with Gasteiger partial charge in [0.2, 0.25) is 15.9 Å². The number of nitrogens with one attached hydrogen (secondary N) is 2. The number of hydrogen-bond donors (Lipinski definition) is 2. The molecular weight excluding hydrogens is 478 g/mol. The van der Waals surface area contributed by atoms with Crippen LogP contribution in [0.25, 0.3) is 0 Å². The van der Waals surface area contributed by atoms with Crippen LogP contribution in [0.2, 0.25) is 0 Å². The highest BCUT2D eigenvalue weighted by molar-refractivity contribution is 7.92. The van der Waals surface area contributed by atoms with Gasteiger partial charge >= 0.3 is 0 Å². The lowest BCUT2D eigenvalue weighted by Crippen LogP contribution is -2.31. The van der Waals surface area contributed by atoms with Gasteiger partial charge in [0.1, 0.15) is 5.75 Å². The van der Waals surface area contributed by atoms with Crippen molar-refractivity contribution in [3.63, 3.8) is 0 Å². The molecular formula is C27H31N3O5S. The minimum atomic E-state index is -3.56. The Morgan fingerprint density at radius 3 is 2.36 bits per heavy atom. The monoisotopic (exact) mass is 509 g/mol. The van der Waals surface area contributed by atoms with Gasteiger partial charge in [-0.25, -0.2) is 8.42 Å². The fraction of sp³-hybridized carbons (Fsp3) is 0.259. The molecule has 0 spiro atoms. The second-order valence-electron chi connectivity index (χ2n) is 8.34. The van der Waals surface area contributed by atoms with Crippen LogP contribution in [0.3, 0.4) is 0 Å². The molecule has 2 amide bonds. The maximum absolute atomic E-state index is 12.9. The van der Waals surface area contributed by atoms with Crippen LogP contribution in [0.1, 0.15) is 41.7 Å². The lowest BCUT2D eigenvalue weighted by molar-refractivity contribution is -0.116. The normalized spacial score (nSPS) is 11.9.